The van der Waals surface area contributed by atoms with Crippen molar-refractivity contribution in [1.82, 2.24) is 0 Å². The number of carbonyl (C=O) groups excluding carboxylic acids is 1. The summed E-state index contributed by atoms with van der Waals surface area (Å²) < 4.78 is 5.31. The van der Waals surface area contributed by atoms with Gasteiger partial charge in [0.15, 0.2) is 0 Å². The van der Waals surface area contributed by atoms with Crippen molar-refractivity contribution in [3.05, 3.63) is 29.3 Å². The van der Waals surface area contributed by atoms with Crippen LogP contribution in [-0.2, 0) is 4.74 Å². The normalized spacial score (nSPS) is 11.2. The lowest BCUT2D eigenvalue weighted by molar-refractivity contribution is 0.00688. The van der Waals surface area contributed by atoms with Gasteiger partial charge in [-0.1, -0.05) is 17.6 Å². The fourth-order valence-corrected chi connectivity index (χ4v) is 1.38. The molecule has 15 heavy (non-hydrogen) atoms. The van der Waals surface area contributed by atoms with E-state index in [0.717, 1.165) is 11.0 Å². The zero-order valence-electron chi connectivity index (χ0n) is 10.0. The van der Waals surface area contributed by atoms with Gasteiger partial charge in [0.1, 0.15) is 13.4 Å². The summed E-state index contributed by atoms with van der Waals surface area (Å²) in [6, 6.07) is 5.73. The van der Waals surface area contributed by atoms with Crippen LogP contribution in [-0.4, -0.2) is 19.4 Å². The molecule has 0 spiro atoms. The molecule has 0 radical (unpaired) electrons. The Balaban J connectivity index is 2.92. The van der Waals surface area contributed by atoms with Crippen LogP contribution in [0.25, 0.3) is 0 Å². The molecular weight excluding hydrogens is 187 g/mol. The number of hydrogen-bond acceptors (Lipinski definition) is 2. The predicted octanol–water partition coefficient (Wildman–Crippen LogP) is 1.21. The van der Waals surface area contributed by atoms with E-state index in [9.17, 15) is 4.79 Å². The van der Waals surface area contributed by atoms with E-state index in [4.69, 9.17) is 4.74 Å². The van der Waals surface area contributed by atoms with E-state index in [-0.39, 0.29) is 5.97 Å². The highest BCUT2D eigenvalue weighted by Crippen LogP contribution is 2.13. The summed E-state index contributed by atoms with van der Waals surface area (Å²) in [5, 5.41) is 0. The van der Waals surface area contributed by atoms with Crippen LogP contribution >= 0.6 is 0 Å². The maximum absolute atomic E-state index is 11.8. The van der Waals surface area contributed by atoms with Crippen LogP contribution in [0.15, 0.2) is 18.2 Å². The Labute approximate surface area is 92.0 Å². The maximum Gasteiger partial charge on any atom is 0.338 e. The Kier molecular flexibility index (Phi) is 3.23. The lowest BCUT2D eigenvalue weighted by atomic mass is 9.92. The van der Waals surface area contributed by atoms with Crippen LogP contribution in [0.3, 0.4) is 0 Å². The Hall–Kier alpha value is -1.25. The molecule has 0 atom stereocenters. The fourth-order valence-electron chi connectivity index (χ4n) is 1.38. The molecule has 0 saturated heterocycles. The van der Waals surface area contributed by atoms with E-state index in [1.807, 2.05) is 53.7 Å². The Bertz CT molecular complexity index is 378. The van der Waals surface area contributed by atoms with Gasteiger partial charge >= 0.3 is 5.97 Å². The molecule has 0 aliphatic rings. The zero-order chi connectivity index (χ0) is 11.6. The first-order valence-corrected chi connectivity index (χ1v) is 5.10. The van der Waals surface area contributed by atoms with E-state index >= 15 is 0 Å². The van der Waals surface area contributed by atoms with Crippen LogP contribution in [0.1, 0.15) is 36.7 Å². The van der Waals surface area contributed by atoms with Crippen molar-refractivity contribution in [3.8, 4) is 0 Å². The first-order chi connectivity index (χ1) is 6.79. The van der Waals surface area contributed by atoms with E-state index in [2.05, 4.69) is 0 Å². The van der Waals surface area contributed by atoms with Gasteiger partial charge in [0.2, 0.25) is 0 Å². The highest BCUT2D eigenvalue weighted by molar-refractivity contribution is 6.32. The minimum absolute atomic E-state index is 0.250. The summed E-state index contributed by atoms with van der Waals surface area (Å²) in [5.74, 6) is -0.250. The second-order valence-corrected chi connectivity index (χ2v) is 4.82. The topological polar surface area (TPSA) is 26.3 Å². The minimum Gasteiger partial charge on any atom is -0.456 e. The van der Waals surface area contributed by atoms with E-state index in [1.165, 1.54) is 0 Å². The third-order valence-corrected chi connectivity index (χ3v) is 2.00. The lowest BCUT2D eigenvalue weighted by Crippen LogP contribution is -2.24. The SMILES string of the molecule is Bc1ccc(C(=O)OC(C)(C)C)c(C)c1. The van der Waals surface area contributed by atoms with Gasteiger partial charge in [0.05, 0.1) is 5.56 Å². The summed E-state index contributed by atoms with van der Waals surface area (Å²) in [6.45, 7) is 7.53. The van der Waals surface area contributed by atoms with E-state index < -0.39 is 5.60 Å². The second kappa shape index (κ2) is 4.09. The summed E-state index contributed by atoms with van der Waals surface area (Å²) >= 11 is 0. The predicted molar refractivity (Wildman–Crippen MR) is 64.5 cm³/mol. The first kappa shape index (κ1) is 11.8. The smallest absolute Gasteiger partial charge is 0.338 e. The van der Waals surface area contributed by atoms with Crippen molar-refractivity contribution < 1.29 is 9.53 Å². The molecule has 0 aliphatic heterocycles. The molecule has 2 nitrogen and oxygen atoms in total. The van der Waals surface area contributed by atoms with Crippen molar-refractivity contribution in [3.63, 3.8) is 0 Å². The molecule has 0 amide bonds. The van der Waals surface area contributed by atoms with Crippen LogP contribution < -0.4 is 5.46 Å². The number of carbonyl (C=O) groups is 1. The number of aryl methyl sites for hydroxylation is 1. The number of rotatable bonds is 1. The fraction of sp³-hybridized carbons (Fsp3) is 0.417. The van der Waals surface area contributed by atoms with Gasteiger partial charge in [-0.25, -0.2) is 4.79 Å². The molecule has 1 aromatic rings. The third kappa shape index (κ3) is 3.42. The largest absolute Gasteiger partial charge is 0.456 e. The maximum atomic E-state index is 11.8. The average Bonchev–Trinajstić information content (AvgIpc) is 1.99. The molecule has 0 unspecified atom stereocenters. The van der Waals surface area contributed by atoms with Gasteiger partial charge in [-0.05, 0) is 39.3 Å². The number of hydrogen-bond donors (Lipinski definition) is 0. The molecule has 0 saturated carbocycles. The average molecular weight is 204 g/mol. The molecule has 80 valence electrons. The standard InChI is InChI=1S/C12H17BO2/c1-8-7-9(13)5-6-10(8)11(14)15-12(2,3)4/h5-7H,13H2,1-4H3. The summed E-state index contributed by atoms with van der Waals surface area (Å²) in [5.41, 5.74) is 2.33. The van der Waals surface area contributed by atoms with Gasteiger partial charge in [0.25, 0.3) is 0 Å². The molecule has 1 rings (SSSR count). The molecule has 0 bridgehead atoms. The molecule has 0 aliphatic carbocycles. The van der Waals surface area contributed by atoms with Crippen molar-refractivity contribution in [2.24, 2.45) is 0 Å². The van der Waals surface area contributed by atoms with Gasteiger partial charge in [-0.15, -0.1) is 0 Å². The Morgan fingerprint density at radius 2 is 1.93 bits per heavy atom. The number of esters is 1. The van der Waals surface area contributed by atoms with Crippen molar-refractivity contribution in [2.75, 3.05) is 0 Å². The summed E-state index contributed by atoms with van der Waals surface area (Å²) in [6.07, 6.45) is 0. The number of benzene rings is 1. The van der Waals surface area contributed by atoms with Crippen LogP contribution in [0.4, 0.5) is 0 Å². The Morgan fingerprint density at radius 1 is 1.33 bits per heavy atom. The molecule has 0 heterocycles. The van der Waals surface area contributed by atoms with Gasteiger partial charge in [-0.2, -0.15) is 0 Å². The molecule has 3 heteroatoms. The van der Waals surface area contributed by atoms with E-state index in [0.29, 0.717) is 5.56 Å². The molecule has 0 aromatic heterocycles. The van der Waals surface area contributed by atoms with Crippen molar-refractivity contribution in [2.45, 2.75) is 33.3 Å². The highest BCUT2D eigenvalue weighted by Gasteiger charge is 2.18. The monoisotopic (exact) mass is 204 g/mol. The van der Waals surface area contributed by atoms with E-state index in [1.54, 1.807) is 0 Å². The summed E-state index contributed by atoms with van der Waals surface area (Å²) in [4.78, 5) is 11.8. The molecular formula is C12H17BO2. The quantitative estimate of drug-likeness (QED) is 0.507. The molecule has 1 aromatic carbocycles. The Morgan fingerprint density at radius 3 is 2.40 bits per heavy atom. The second-order valence-electron chi connectivity index (χ2n) is 4.82. The zero-order valence-corrected chi connectivity index (χ0v) is 10.0. The van der Waals surface area contributed by atoms with Crippen LogP contribution in [0, 0.1) is 6.92 Å². The minimum atomic E-state index is -0.436. The lowest BCUT2D eigenvalue weighted by Gasteiger charge is -2.20. The third-order valence-electron chi connectivity index (χ3n) is 2.00. The van der Waals surface area contributed by atoms with Crippen molar-refractivity contribution >= 4 is 19.3 Å². The van der Waals surface area contributed by atoms with Crippen LogP contribution in [0.5, 0.6) is 0 Å². The van der Waals surface area contributed by atoms with Crippen LogP contribution in [0.2, 0.25) is 0 Å². The summed E-state index contributed by atoms with van der Waals surface area (Å²) in [7, 11) is 2.01. The molecule has 0 fully saturated rings. The van der Waals surface area contributed by atoms with Gasteiger partial charge in [-0.3, -0.25) is 0 Å². The van der Waals surface area contributed by atoms with Gasteiger partial charge in [0, 0.05) is 0 Å². The van der Waals surface area contributed by atoms with Gasteiger partial charge < -0.3 is 4.74 Å². The first-order valence-electron chi connectivity index (χ1n) is 5.10. The number of ether oxygens (including phenoxy) is 1. The molecule has 0 N–H and O–H groups in total. The highest BCUT2D eigenvalue weighted by atomic mass is 16.6. The van der Waals surface area contributed by atoms with Crippen molar-refractivity contribution in [1.29, 1.82) is 0 Å².